The first-order valence-electron chi connectivity index (χ1n) is 13.3. The molecule has 3 aliphatic rings. The number of hydrogen-bond acceptors (Lipinski definition) is 4. The molecule has 0 amide bonds. The third-order valence-corrected chi connectivity index (χ3v) is 13.0. The Morgan fingerprint density at radius 3 is 2.35 bits per heavy atom. The minimum atomic E-state index is -1.94. The molecule has 0 unspecified atom stereocenters. The topological polar surface area (TPSA) is 47.9 Å². The van der Waals surface area contributed by atoms with Crippen LogP contribution in [0.4, 0.5) is 0 Å². The molecule has 1 heterocycles. The van der Waals surface area contributed by atoms with E-state index in [1.807, 2.05) is 13.8 Å². The largest absolute Gasteiger partial charge is 0.413 e. The molecule has 5 heteroatoms. The van der Waals surface area contributed by atoms with Gasteiger partial charge >= 0.3 is 0 Å². The number of aliphatic hydroxyl groups excluding tert-OH is 1. The Balaban J connectivity index is 1.79. The zero-order chi connectivity index (χ0) is 25.4. The second-order valence-electron chi connectivity index (χ2n) is 13.3. The van der Waals surface area contributed by atoms with Crippen LogP contribution in [-0.2, 0) is 13.9 Å². The van der Waals surface area contributed by atoms with E-state index in [4.69, 9.17) is 13.9 Å². The summed E-state index contributed by atoms with van der Waals surface area (Å²) in [5, 5.41) is 10.9. The molecule has 2 aliphatic carbocycles. The summed E-state index contributed by atoms with van der Waals surface area (Å²) in [5.74, 6) is 13.5. The highest BCUT2D eigenvalue weighted by molar-refractivity contribution is 6.74. The van der Waals surface area contributed by atoms with E-state index in [1.165, 1.54) is 0 Å². The maximum atomic E-state index is 10.7. The fourth-order valence-electron chi connectivity index (χ4n) is 5.20. The lowest BCUT2D eigenvalue weighted by atomic mass is 9.90. The summed E-state index contributed by atoms with van der Waals surface area (Å²) in [6, 6.07) is 0. The Bertz CT molecular complexity index is 824. The van der Waals surface area contributed by atoms with Crippen LogP contribution in [0.2, 0.25) is 18.1 Å². The lowest BCUT2D eigenvalue weighted by molar-refractivity contribution is -0.298. The lowest BCUT2D eigenvalue weighted by Crippen LogP contribution is -2.48. The Hall–Kier alpha value is -0.823. The average molecular weight is 489 g/mol. The second-order valence-corrected chi connectivity index (χ2v) is 18.0. The van der Waals surface area contributed by atoms with Crippen molar-refractivity contribution in [2.45, 2.75) is 117 Å². The molecule has 2 saturated carbocycles. The highest BCUT2D eigenvalue weighted by atomic mass is 28.4. The van der Waals surface area contributed by atoms with E-state index in [1.54, 1.807) is 0 Å². The predicted octanol–water partition coefficient (Wildman–Crippen LogP) is 6.00. The summed E-state index contributed by atoms with van der Waals surface area (Å²) < 4.78 is 19.7. The van der Waals surface area contributed by atoms with E-state index in [0.717, 1.165) is 38.9 Å². The summed E-state index contributed by atoms with van der Waals surface area (Å²) in [6.07, 6.45) is 3.76. The van der Waals surface area contributed by atoms with Crippen LogP contribution in [0.25, 0.3) is 0 Å². The third kappa shape index (κ3) is 6.29. The maximum absolute atomic E-state index is 10.7. The minimum Gasteiger partial charge on any atom is -0.413 e. The Morgan fingerprint density at radius 1 is 1.12 bits per heavy atom. The van der Waals surface area contributed by atoms with Gasteiger partial charge in [0.05, 0.1) is 19.3 Å². The van der Waals surface area contributed by atoms with Crippen LogP contribution >= 0.6 is 0 Å². The van der Waals surface area contributed by atoms with Crippen molar-refractivity contribution < 1.29 is 19.0 Å². The first kappa shape index (κ1) is 27.8. The summed E-state index contributed by atoms with van der Waals surface area (Å²) >= 11 is 0. The third-order valence-electron chi connectivity index (χ3n) is 8.49. The van der Waals surface area contributed by atoms with Gasteiger partial charge in [-0.2, -0.15) is 0 Å². The average Bonchev–Trinajstić information content (AvgIpc) is 3.21. The zero-order valence-corrected chi connectivity index (χ0v) is 24.1. The Morgan fingerprint density at radius 2 is 1.76 bits per heavy atom. The van der Waals surface area contributed by atoms with Crippen molar-refractivity contribution in [3.05, 3.63) is 0 Å². The SMILES string of the molecule is CCC#CC[C@H](C)[C@H](O)C#C[C@@H]1[C@H]2CC3(C[C@H]2C[C@H]1O[Si](C)(C)C(C)(C)C)OCC(C)(C)CO3. The quantitative estimate of drug-likeness (QED) is 0.390. The van der Waals surface area contributed by atoms with Crippen LogP contribution in [0.3, 0.4) is 0 Å². The van der Waals surface area contributed by atoms with Gasteiger partial charge in [-0.1, -0.05) is 60.3 Å². The molecule has 4 nitrogen and oxygen atoms in total. The van der Waals surface area contributed by atoms with Crippen LogP contribution < -0.4 is 0 Å². The molecular weight excluding hydrogens is 440 g/mol. The smallest absolute Gasteiger partial charge is 0.192 e. The molecule has 3 rings (SSSR count). The number of fused-ring (bicyclic) bond motifs is 1. The van der Waals surface area contributed by atoms with E-state index in [2.05, 4.69) is 71.4 Å². The van der Waals surface area contributed by atoms with E-state index in [9.17, 15) is 5.11 Å². The fourth-order valence-corrected chi connectivity index (χ4v) is 6.56. The summed E-state index contributed by atoms with van der Waals surface area (Å²) in [6.45, 7) is 21.5. The molecule has 1 N–H and O–H groups in total. The summed E-state index contributed by atoms with van der Waals surface area (Å²) in [4.78, 5) is 0. The molecule has 0 aromatic heterocycles. The van der Waals surface area contributed by atoms with Gasteiger partial charge in [-0.25, -0.2) is 0 Å². The van der Waals surface area contributed by atoms with Crippen molar-refractivity contribution in [2.24, 2.45) is 29.1 Å². The maximum Gasteiger partial charge on any atom is 0.192 e. The molecule has 6 atom stereocenters. The van der Waals surface area contributed by atoms with Crippen molar-refractivity contribution in [3.63, 3.8) is 0 Å². The zero-order valence-electron chi connectivity index (χ0n) is 23.1. The number of aliphatic hydroxyl groups is 1. The van der Waals surface area contributed by atoms with Crippen molar-refractivity contribution in [1.29, 1.82) is 0 Å². The number of ether oxygens (including phenoxy) is 2. The van der Waals surface area contributed by atoms with E-state index >= 15 is 0 Å². The molecule has 1 aliphatic heterocycles. The minimum absolute atomic E-state index is 0.0330. The molecular formula is C29H48O4Si. The predicted molar refractivity (Wildman–Crippen MR) is 140 cm³/mol. The standard InChI is InChI=1S/C29H48O4Si/c1-10-11-12-13-21(2)25(30)15-14-23-24-18-29(31-19-28(6,7)20-32-29)17-22(24)16-26(23)33-34(8,9)27(3,4)5/h21-26,30H,10,13,16-20H2,1-9H3/t21-,22+,23+,24-,25+,26+/m0/s1. The van der Waals surface area contributed by atoms with Crippen molar-refractivity contribution >= 4 is 8.32 Å². The lowest BCUT2D eigenvalue weighted by Gasteiger charge is -2.43. The van der Waals surface area contributed by atoms with Crippen molar-refractivity contribution in [3.8, 4) is 23.7 Å². The summed E-state index contributed by atoms with van der Waals surface area (Å²) in [5.41, 5.74) is 0.0665. The molecule has 0 bridgehead atoms. The number of rotatable bonds is 4. The second kappa shape index (κ2) is 10.3. The van der Waals surface area contributed by atoms with Gasteiger partial charge in [0.2, 0.25) is 0 Å². The van der Waals surface area contributed by atoms with Gasteiger partial charge in [0, 0.05) is 42.9 Å². The van der Waals surface area contributed by atoms with Gasteiger partial charge in [-0.05, 0) is 36.4 Å². The van der Waals surface area contributed by atoms with Crippen molar-refractivity contribution in [1.82, 2.24) is 0 Å². The molecule has 3 fully saturated rings. The van der Waals surface area contributed by atoms with E-state index in [-0.39, 0.29) is 28.4 Å². The molecule has 0 aromatic carbocycles. The van der Waals surface area contributed by atoms with Gasteiger partial charge in [0.25, 0.3) is 0 Å². The van der Waals surface area contributed by atoms with Gasteiger partial charge in [0.15, 0.2) is 14.1 Å². The fraction of sp³-hybridized carbons (Fsp3) is 0.862. The monoisotopic (exact) mass is 488 g/mol. The molecule has 1 spiro atoms. The highest BCUT2D eigenvalue weighted by Gasteiger charge is 2.58. The molecule has 192 valence electrons. The Kier molecular flexibility index (Phi) is 8.39. The van der Waals surface area contributed by atoms with Gasteiger partial charge < -0.3 is 19.0 Å². The Labute approximate surface area is 210 Å². The van der Waals surface area contributed by atoms with E-state index < -0.39 is 20.2 Å². The van der Waals surface area contributed by atoms with Crippen LogP contribution in [0.15, 0.2) is 0 Å². The first-order chi connectivity index (χ1) is 15.7. The molecule has 34 heavy (non-hydrogen) atoms. The van der Waals surface area contributed by atoms with Crippen LogP contribution in [-0.4, -0.2) is 44.6 Å². The highest BCUT2D eigenvalue weighted by Crippen LogP contribution is 2.56. The van der Waals surface area contributed by atoms with Gasteiger partial charge in [-0.15, -0.1) is 11.8 Å². The van der Waals surface area contributed by atoms with E-state index in [0.29, 0.717) is 18.3 Å². The van der Waals surface area contributed by atoms with Crippen molar-refractivity contribution in [2.75, 3.05) is 13.2 Å². The molecule has 0 radical (unpaired) electrons. The van der Waals surface area contributed by atoms with Crippen LogP contribution in [0, 0.1) is 52.8 Å². The molecule has 0 aromatic rings. The number of hydrogen-bond donors (Lipinski definition) is 1. The first-order valence-corrected chi connectivity index (χ1v) is 16.2. The molecule has 1 saturated heterocycles. The van der Waals surface area contributed by atoms with Crippen LogP contribution in [0.5, 0.6) is 0 Å². The summed E-state index contributed by atoms with van der Waals surface area (Å²) in [7, 11) is -1.94. The van der Waals surface area contributed by atoms with Gasteiger partial charge in [0.1, 0.15) is 6.10 Å². The normalized spacial score (nSPS) is 31.7. The van der Waals surface area contributed by atoms with Crippen LogP contribution in [0.1, 0.15) is 80.6 Å². The van der Waals surface area contributed by atoms with Gasteiger partial charge in [-0.3, -0.25) is 0 Å².